The molecule has 0 aliphatic heterocycles. The second-order valence-corrected chi connectivity index (χ2v) is 12.3. The molecule has 0 amide bonds. The highest BCUT2D eigenvalue weighted by atomic mass is 32.1. The largest absolute Gasteiger partial charge is 0.306 e. The van der Waals surface area contributed by atoms with Gasteiger partial charge in [-0.25, -0.2) is 15.0 Å². The van der Waals surface area contributed by atoms with E-state index in [4.69, 9.17) is 15.0 Å². The normalized spacial score (nSPS) is 12.1. The molecule has 0 bridgehead atoms. The molecule has 0 aliphatic rings. The van der Waals surface area contributed by atoms with Crippen LogP contribution in [-0.2, 0) is 0 Å². The van der Waals surface area contributed by atoms with E-state index in [-0.39, 0.29) is 0 Å². The molecule has 4 aromatic heterocycles. The smallest absolute Gasteiger partial charge is 0.164 e. The monoisotopic (exact) mass is 578 g/mol. The number of nitrogens with zero attached hydrogens (tertiary/aromatic N) is 4. The minimum atomic E-state index is 0.669. The molecular formula is C39H22N4S. The molecule has 0 spiro atoms. The third-order valence-electron chi connectivity index (χ3n) is 8.75. The van der Waals surface area contributed by atoms with E-state index in [1.54, 1.807) is 0 Å². The first-order valence-electron chi connectivity index (χ1n) is 14.7. The Balaban J connectivity index is 1.29. The van der Waals surface area contributed by atoms with Crippen LogP contribution in [0, 0.1) is 0 Å². The Morgan fingerprint density at radius 3 is 1.80 bits per heavy atom. The van der Waals surface area contributed by atoms with Crippen LogP contribution in [0.5, 0.6) is 0 Å². The highest BCUT2D eigenvalue weighted by Gasteiger charge is 2.23. The Labute approximate surface area is 255 Å². The Morgan fingerprint density at radius 2 is 1.07 bits per heavy atom. The molecule has 0 unspecified atom stereocenters. The van der Waals surface area contributed by atoms with Crippen LogP contribution < -0.4 is 0 Å². The van der Waals surface area contributed by atoms with E-state index >= 15 is 0 Å². The van der Waals surface area contributed by atoms with Crippen molar-refractivity contribution in [3.05, 3.63) is 133 Å². The zero-order valence-corrected chi connectivity index (χ0v) is 24.2. The van der Waals surface area contributed by atoms with Crippen LogP contribution in [0.25, 0.3) is 92.4 Å². The van der Waals surface area contributed by atoms with Gasteiger partial charge >= 0.3 is 0 Å². The summed E-state index contributed by atoms with van der Waals surface area (Å²) in [7, 11) is 0. The van der Waals surface area contributed by atoms with E-state index in [1.807, 2.05) is 72.0 Å². The van der Waals surface area contributed by atoms with Gasteiger partial charge in [-0.05, 0) is 41.1 Å². The predicted molar refractivity (Wildman–Crippen MR) is 184 cm³/mol. The van der Waals surface area contributed by atoms with Gasteiger partial charge in [-0.2, -0.15) is 0 Å². The lowest BCUT2D eigenvalue weighted by atomic mass is 10.0. The zero-order valence-electron chi connectivity index (χ0n) is 23.4. The molecule has 0 fully saturated rings. The van der Waals surface area contributed by atoms with Crippen molar-refractivity contribution in [1.82, 2.24) is 19.4 Å². The molecule has 6 aromatic carbocycles. The van der Waals surface area contributed by atoms with Crippen molar-refractivity contribution in [3.8, 4) is 34.2 Å². The van der Waals surface area contributed by atoms with E-state index in [9.17, 15) is 0 Å². The number of rotatable bonds is 3. The number of para-hydroxylation sites is 1. The standard InChI is InChI=1S/C39H22N4S/c1-3-11-23(12-4-1)37-40-38(24-13-5-2-6-14-24)42-39(41-37)26-19-20-32-29(22-26)35-36(44-32)30-21-25-15-7-8-16-27(25)33-28-17-9-10-18-31(28)43(35)34(30)33/h1-22H. The Kier molecular flexibility index (Phi) is 4.84. The fourth-order valence-electron chi connectivity index (χ4n) is 6.81. The highest BCUT2D eigenvalue weighted by Crippen LogP contribution is 2.48. The third kappa shape index (κ3) is 3.30. The van der Waals surface area contributed by atoms with Gasteiger partial charge in [-0.1, -0.05) is 103 Å². The van der Waals surface area contributed by atoms with Crippen molar-refractivity contribution in [2.45, 2.75) is 0 Å². The van der Waals surface area contributed by atoms with Gasteiger partial charge in [0.25, 0.3) is 0 Å². The van der Waals surface area contributed by atoms with Gasteiger partial charge in [-0.15, -0.1) is 11.3 Å². The number of hydrogen-bond donors (Lipinski definition) is 0. The second-order valence-electron chi connectivity index (χ2n) is 11.3. The van der Waals surface area contributed by atoms with E-state index in [2.05, 4.69) is 77.2 Å². The Bertz CT molecular complexity index is 2650. The quantitative estimate of drug-likeness (QED) is 0.209. The number of thiophene rings is 1. The Morgan fingerprint density at radius 1 is 0.455 bits per heavy atom. The summed E-state index contributed by atoms with van der Waals surface area (Å²) in [6.07, 6.45) is 0. The summed E-state index contributed by atoms with van der Waals surface area (Å²) >= 11 is 1.87. The summed E-state index contributed by atoms with van der Waals surface area (Å²) in [5, 5.41) is 7.72. The van der Waals surface area contributed by atoms with E-state index in [0.717, 1.165) is 16.7 Å². The van der Waals surface area contributed by atoms with Crippen LogP contribution in [0.2, 0.25) is 0 Å². The van der Waals surface area contributed by atoms with E-state index < -0.39 is 0 Å². The van der Waals surface area contributed by atoms with Gasteiger partial charge in [0.1, 0.15) is 0 Å². The number of aromatic nitrogens is 4. The minimum Gasteiger partial charge on any atom is -0.306 e. The minimum absolute atomic E-state index is 0.669. The topological polar surface area (TPSA) is 43.1 Å². The molecule has 0 aliphatic carbocycles. The molecule has 4 heterocycles. The summed E-state index contributed by atoms with van der Waals surface area (Å²) in [6, 6.07) is 46.9. The van der Waals surface area contributed by atoms with Crippen molar-refractivity contribution in [3.63, 3.8) is 0 Å². The van der Waals surface area contributed by atoms with Gasteiger partial charge < -0.3 is 4.40 Å². The molecule has 0 saturated carbocycles. The lowest BCUT2D eigenvalue weighted by Gasteiger charge is -2.08. The number of benzene rings is 6. The van der Waals surface area contributed by atoms with Gasteiger partial charge in [0.05, 0.1) is 21.3 Å². The summed E-state index contributed by atoms with van der Waals surface area (Å²) < 4.78 is 5.06. The van der Waals surface area contributed by atoms with Crippen LogP contribution in [-0.4, -0.2) is 19.4 Å². The third-order valence-corrected chi connectivity index (χ3v) is 9.94. The molecule has 10 aromatic rings. The average molecular weight is 579 g/mol. The maximum atomic E-state index is 5.01. The maximum absolute atomic E-state index is 5.01. The lowest BCUT2D eigenvalue weighted by molar-refractivity contribution is 1.07. The highest BCUT2D eigenvalue weighted by molar-refractivity contribution is 7.26. The molecule has 0 N–H and O–H groups in total. The van der Waals surface area contributed by atoms with Crippen LogP contribution >= 0.6 is 11.3 Å². The predicted octanol–water partition coefficient (Wildman–Crippen LogP) is 10.4. The van der Waals surface area contributed by atoms with Crippen molar-refractivity contribution in [2.24, 2.45) is 0 Å². The van der Waals surface area contributed by atoms with Crippen molar-refractivity contribution >= 4 is 69.6 Å². The molecule has 0 radical (unpaired) electrons. The van der Waals surface area contributed by atoms with Gasteiger partial charge in [0, 0.05) is 42.9 Å². The first-order chi connectivity index (χ1) is 21.8. The SMILES string of the molecule is c1ccc(-c2nc(-c3ccccc3)nc(-c3ccc4sc5c6cc7ccccc7c7c8ccccc8n(c5c4c3)c67)n2)cc1. The van der Waals surface area contributed by atoms with Crippen molar-refractivity contribution in [1.29, 1.82) is 0 Å². The van der Waals surface area contributed by atoms with Crippen LogP contribution in [0.1, 0.15) is 0 Å². The molecule has 10 rings (SSSR count). The lowest BCUT2D eigenvalue weighted by Crippen LogP contribution is -2.00. The number of hydrogen-bond acceptors (Lipinski definition) is 4. The number of fused-ring (bicyclic) bond motifs is 10. The molecule has 5 heteroatoms. The molecule has 4 nitrogen and oxygen atoms in total. The Hall–Kier alpha value is -5.65. The maximum Gasteiger partial charge on any atom is 0.164 e. The molecule has 0 saturated heterocycles. The van der Waals surface area contributed by atoms with Crippen LogP contribution in [0.3, 0.4) is 0 Å². The summed E-state index contributed by atoms with van der Waals surface area (Å²) in [4.78, 5) is 14.9. The van der Waals surface area contributed by atoms with Gasteiger partial charge in [-0.3, -0.25) is 0 Å². The summed E-state index contributed by atoms with van der Waals surface area (Å²) in [5.41, 5.74) is 6.70. The molecule has 44 heavy (non-hydrogen) atoms. The van der Waals surface area contributed by atoms with Gasteiger partial charge in [0.2, 0.25) is 0 Å². The van der Waals surface area contributed by atoms with E-state index in [0.29, 0.717) is 17.5 Å². The fourth-order valence-corrected chi connectivity index (χ4v) is 8.00. The van der Waals surface area contributed by atoms with Crippen LogP contribution in [0.15, 0.2) is 133 Å². The van der Waals surface area contributed by atoms with Crippen molar-refractivity contribution in [2.75, 3.05) is 0 Å². The zero-order chi connectivity index (χ0) is 28.8. The average Bonchev–Trinajstić information content (AvgIpc) is 3.74. The molecular weight excluding hydrogens is 557 g/mol. The van der Waals surface area contributed by atoms with E-state index in [1.165, 1.54) is 58.3 Å². The summed E-state index contributed by atoms with van der Waals surface area (Å²) in [5.74, 6) is 2.01. The fraction of sp³-hybridized carbons (Fsp3) is 0. The van der Waals surface area contributed by atoms with Gasteiger partial charge in [0.15, 0.2) is 17.5 Å². The van der Waals surface area contributed by atoms with Crippen molar-refractivity contribution < 1.29 is 0 Å². The van der Waals surface area contributed by atoms with Crippen LogP contribution in [0.4, 0.5) is 0 Å². The molecule has 204 valence electrons. The first kappa shape index (κ1) is 23.9. The first-order valence-corrected chi connectivity index (χ1v) is 15.5. The molecule has 0 atom stereocenters. The second kappa shape index (κ2) is 8.93. The summed E-state index contributed by atoms with van der Waals surface area (Å²) in [6.45, 7) is 0.